The van der Waals surface area contributed by atoms with Crippen LogP contribution in [0.25, 0.3) is 12.3 Å². The first kappa shape index (κ1) is 9.90. The standard InChI is InChI=1S/C14H12N2O/c15-14(17)12-6-3-7-16-9-11-5-2-1-4-10(11)8-13(12)16/h1-6,8-9H,7H2,(H2,15,17). The van der Waals surface area contributed by atoms with E-state index in [1.807, 2.05) is 35.3 Å². The zero-order valence-corrected chi connectivity index (χ0v) is 9.26. The molecule has 2 N–H and O–H groups in total. The van der Waals surface area contributed by atoms with Gasteiger partial charge in [0.15, 0.2) is 0 Å². The van der Waals surface area contributed by atoms with Crippen molar-refractivity contribution in [1.82, 2.24) is 4.90 Å². The predicted octanol–water partition coefficient (Wildman–Crippen LogP) is -0.170. The average Bonchev–Trinajstić information content (AvgIpc) is 2.35. The Morgan fingerprint density at radius 2 is 2.00 bits per heavy atom. The second-order valence-electron chi connectivity index (χ2n) is 4.12. The number of hydrogen-bond donors (Lipinski definition) is 1. The summed E-state index contributed by atoms with van der Waals surface area (Å²) in [4.78, 5) is 13.4. The van der Waals surface area contributed by atoms with Crippen molar-refractivity contribution < 1.29 is 4.79 Å². The van der Waals surface area contributed by atoms with Crippen LogP contribution in [0, 0.1) is 0 Å². The van der Waals surface area contributed by atoms with Crippen molar-refractivity contribution in [3.63, 3.8) is 0 Å². The lowest BCUT2D eigenvalue weighted by Gasteiger charge is -2.27. The molecule has 17 heavy (non-hydrogen) atoms. The van der Waals surface area contributed by atoms with Gasteiger partial charge in [-0.05, 0) is 22.6 Å². The number of primary amides is 1. The summed E-state index contributed by atoms with van der Waals surface area (Å²) in [6, 6.07) is 8.09. The van der Waals surface area contributed by atoms with Crippen LogP contribution in [0.3, 0.4) is 0 Å². The summed E-state index contributed by atoms with van der Waals surface area (Å²) < 4.78 is 0. The van der Waals surface area contributed by atoms with E-state index in [0.29, 0.717) is 5.57 Å². The molecule has 2 aliphatic heterocycles. The maximum atomic E-state index is 11.4. The van der Waals surface area contributed by atoms with E-state index in [1.54, 1.807) is 6.08 Å². The number of amides is 1. The van der Waals surface area contributed by atoms with Crippen LogP contribution in [-0.2, 0) is 4.79 Å². The first-order valence-corrected chi connectivity index (χ1v) is 5.51. The molecule has 0 fully saturated rings. The monoisotopic (exact) mass is 224 g/mol. The van der Waals surface area contributed by atoms with Crippen molar-refractivity contribution in [2.24, 2.45) is 5.73 Å². The number of rotatable bonds is 1. The summed E-state index contributed by atoms with van der Waals surface area (Å²) >= 11 is 0. The van der Waals surface area contributed by atoms with Crippen LogP contribution in [0.2, 0.25) is 0 Å². The van der Waals surface area contributed by atoms with Crippen LogP contribution >= 0.6 is 0 Å². The summed E-state index contributed by atoms with van der Waals surface area (Å²) in [5.41, 5.74) is 6.84. The lowest BCUT2D eigenvalue weighted by atomic mass is 10.0. The van der Waals surface area contributed by atoms with Crippen molar-refractivity contribution in [3.8, 4) is 0 Å². The number of fused-ring (bicyclic) bond motifs is 2. The van der Waals surface area contributed by atoms with Crippen molar-refractivity contribution >= 4 is 18.2 Å². The number of benzene rings is 1. The molecule has 0 bridgehead atoms. The van der Waals surface area contributed by atoms with Gasteiger partial charge >= 0.3 is 0 Å². The van der Waals surface area contributed by atoms with E-state index in [9.17, 15) is 4.79 Å². The van der Waals surface area contributed by atoms with Crippen LogP contribution < -0.4 is 16.2 Å². The number of carbonyl (C=O) groups is 1. The maximum Gasteiger partial charge on any atom is 0.250 e. The van der Waals surface area contributed by atoms with Gasteiger partial charge in [0.2, 0.25) is 0 Å². The summed E-state index contributed by atoms with van der Waals surface area (Å²) in [6.45, 7) is 0.775. The lowest BCUT2D eigenvalue weighted by Crippen LogP contribution is -2.36. The minimum absolute atomic E-state index is 0.384. The molecule has 0 radical (unpaired) electrons. The van der Waals surface area contributed by atoms with Gasteiger partial charge in [-0.3, -0.25) is 4.79 Å². The smallest absolute Gasteiger partial charge is 0.250 e. The van der Waals surface area contributed by atoms with E-state index in [0.717, 1.165) is 22.7 Å². The Bertz CT molecular complexity index is 668. The van der Waals surface area contributed by atoms with Gasteiger partial charge in [-0.25, -0.2) is 0 Å². The Hall–Kier alpha value is -2.29. The molecule has 3 rings (SSSR count). The average molecular weight is 224 g/mol. The first-order valence-electron chi connectivity index (χ1n) is 5.51. The van der Waals surface area contributed by atoms with Crippen molar-refractivity contribution in [2.75, 3.05) is 6.54 Å². The van der Waals surface area contributed by atoms with Crippen LogP contribution in [0.15, 0.2) is 47.7 Å². The van der Waals surface area contributed by atoms with Crippen molar-refractivity contribution in [3.05, 3.63) is 58.1 Å². The van der Waals surface area contributed by atoms with Gasteiger partial charge in [0.1, 0.15) is 0 Å². The summed E-state index contributed by atoms with van der Waals surface area (Å²) in [7, 11) is 0. The molecule has 0 aromatic heterocycles. The molecule has 0 atom stereocenters. The molecule has 2 aliphatic rings. The van der Waals surface area contributed by atoms with Gasteiger partial charge in [0, 0.05) is 12.7 Å². The van der Waals surface area contributed by atoms with Gasteiger partial charge < -0.3 is 10.6 Å². The van der Waals surface area contributed by atoms with Gasteiger partial charge in [-0.15, -0.1) is 0 Å². The van der Waals surface area contributed by atoms with Crippen LogP contribution in [0.1, 0.15) is 0 Å². The largest absolute Gasteiger partial charge is 0.366 e. The number of nitrogens with zero attached hydrogens (tertiary/aromatic N) is 1. The van der Waals surface area contributed by atoms with Gasteiger partial charge in [0.05, 0.1) is 11.3 Å². The van der Waals surface area contributed by atoms with E-state index in [4.69, 9.17) is 5.73 Å². The molecule has 0 saturated heterocycles. The highest BCUT2D eigenvalue weighted by molar-refractivity contribution is 5.97. The van der Waals surface area contributed by atoms with Crippen LogP contribution in [0.5, 0.6) is 0 Å². The topological polar surface area (TPSA) is 46.3 Å². The number of nitrogens with two attached hydrogens (primary N) is 1. The zero-order chi connectivity index (χ0) is 11.8. The van der Waals surface area contributed by atoms with Crippen LogP contribution in [0.4, 0.5) is 0 Å². The Morgan fingerprint density at radius 3 is 2.76 bits per heavy atom. The molecule has 3 heteroatoms. The molecular weight excluding hydrogens is 212 g/mol. The molecular formula is C14H12N2O. The highest BCUT2D eigenvalue weighted by atomic mass is 16.1. The minimum Gasteiger partial charge on any atom is -0.366 e. The summed E-state index contributed by atoms with van der Waals surface area (Å²) in [5.74, 6) is -0.384. The molecule has 1 aromatic carbocycles. The SMILES string of the molecule is NC(=O)C1=C2C=c3ccccc3=CN2CC=C1. The fraction of sp³-hybridized carbons (Fsp3) is 0.0714. The third-order valence-corrected chi connectivity index (χ3v) is 3.02. The Balaban J connectivity index is 2.30. The fourth-order valence-electron chi connectivity index (χ4n) is 2.19. The van der Waals surface area contributed by atoms with E-state index >= 15 is 0 Å². The first-order chi connectivity index (χ1) is 8.25. The normalized spacial score (nSPS) is 16.8. The number of allylic oxidation sites excluding steroid dienone is 1. The van der Waals surface area contributed by atoms with E-state index in [-0.39, 0.29) is 5.91 Å². The van der Waals surface area contributed by atoms with E-state index in [1.165, 1.54) is 0 Å². The third kappa shape index (κ3) is 1.56. The highest BCUT2D eigenvalue weighted by Gasteiger charge is 2.18. The number of hydrogen-bond acceptors (Lipinski definition) is 2. The van der Waals surface area contributed by atoms with E-state index in [2.05, 4.69) is 12.3 Å². The molecule has 84 valence electrons. The molecule has 1 amide bonds. The zero-order valence-electron chi connectivity index (χ0n) is 9.26. The maximum absolute atomic E-state index is 11.4. The third-order valence-electron chi connectivity index (χ3n) is 3.02. The molecule has 0 spiro atoms. The Morgan fingerprint density at radius 1 is 1.24 bits per heavy atom. The second kappa shape index (κ2) is 3.63. The Kier molecular flexibility index (Phi) is 2.11. The molecule has 1 aromatic rings. The molecule has 0 saturated carbocycles. The lowest BCUT2D eigenvalue weighted by molar-refractivity contribution is -0.114. The van der Waals surface area contributed by atoms with Crippen molar-refractivity contribution in [2.45, 2.75) is 0 Å². The number of carbonyl (C=O) groups excluding carboxylic acids is 1. The minimum atomic E-state index is -0.384. The van der Waals surface area contributed by atoms with Gasteiger partial charge in [-0.2, -0.15) is 0 Å². The van der Waals surface area contributed by atoms with Gasteiger partial charge in [0.25, 0.3) is 5.91 Å². The molecule has 3 nitrogen and oxygen atoms in total. The quantitative estimate of drug-likeness (QED) is 0.720. The summed E-state index contributed by atoms with van der Waals surface area (Å²) in [5, 5.41) is 2.28. The summed E-state index contributed by atoms with van der Waals surface area (Å²) in [6.07, 6.45) is 7.81. The van der Waals surface area contributed by atoms with Crippen LogP contribution in [-0.4, -0.2) is 17.4 Å². The predicted molar refractivity (Wildman–Crippen MR) is 66.7 cm³/mol. The highest BCUT2D eigenvalue weighted by Crippen LogP contribution is 2.19. The molecule has 0 aliphatic carbocycles. The van der Waals surface area contributed by atoms with Gasteiger partial charge in [-0.1, -0.05) is 30.3 Å². The molecule has 0 unspecified atom stereocenters. The van der Waals surface area contributed by atoms with E-state index < -0.39 is 0 Å². The molecule has 2 heterocycles. The fourth-order valence-corrected chi connectivity index (χ4v) is 2.19. The Labute approximate surface area is 98.8 Å². The second-order valence-corrected chi connectivity index (χ2v) is 4.12. The van der Waals surface area contributed by atoms with Crippen molar-refractivity contribution in [1.29, 1.82) is 0 Å².